The van der Waals surface area contributed by atoms with Gasteiger partial charge in [0.15, 0.2) is 0 Å². The van der Waals surface area contributed by atoms with Gasteiger partial charge in [-0.2, -0.15) is 0 Å². The van der Waals surface area contributed by atoms with Crippen LogP contribution in [0, 0.1) is 0 Å². The number of hydrogen-bond acceptors (Lipinski definition) is 1. The molecule has 0 N–H and O–H groups in total. The van der Waals surface area contributed by atoms with Gasteiger partial charge in [0.2, 0.25) is 0 Å². The van der Waals surface area contributed by atoms with Gasteiger partial charge in [-0.05, 0) is 22.0 Å². The molecule has 1 aromatic carbocycles. The van der Waals surface area contributed by atoms with Gasteiger partial charge in [-0.1, -0.05) is 59.7 Å². The molecule has 0 amide bonds. The fourth-order valence-corrected chi connectivity index (χ4v) is 2.38. The van der Waals surface area contributed by atoms with Crippen LogP contribution in [0.2, 0.25) is 0 Å². The van der Waals surface area contributed by atoms with E-state index < -0.39 is 0 Å². The SMILES string of the molecule is CC(C)(C)c1cccc(C(C)(C)C)c1[O][AlH2]. The van der Waals surface area contributed by atoms with Gasteiger partial charge in [0.05, 0.1) is 5.75 Å². The standard InChI is InChI=1S/C14H22O.Al.2H/c1-13(2,3)10-8-7-9-11(12(10)15)14(4,5)6;;;/h7-9,15H,1-6H3;;;/q;+1;;/p-1. The van der Waals surface area contributed by atoms with Gasteiger partial charge in [-0.15, -0.1) is 0 Å². The lowest BCUT2D eigenvalue weighted by Crippen LogP contribution is -2.18. The Morgan fingerprint density at radius 1 is 0.875 bits per heavy atom. The normalized spacial score (nSPS) is 12.6. The molecule has 0 spiro atoms. The summed E-state index contributed by atoms with van der Waals surface area (Å²) in [6.45, 7) is 13.4. The number of hydrogen-bond donors (Lipinski definition) is 0. The Balaban J connectivity index is 3.45. The third-order valence-corrected chi connectivity index (χ3v) is 3.24. The molecule has 0 saturated carbocycles. The van der Waals surface area contributed by atoms with Crippen molar-refractivity contribution in [2.24, 2.45) is 0 Å². The molecule has 0 heterocycles. The molecule has 0 aliphatic heterocycles. The van der Waals surface area contributed by atoms with Crippen molar-refractivity contribution in [3.05, 3.63) is 29.3 Å². The first kappa shape index (κ1) is 13.6. The van der Waals surface area contributed by atoms with E-state index >= 15 is 0 Å². The largest absolute Gasteiger partial charge is 0.647 e. The van der Waals surface area contributed by atoms with Gasteiger partial charge in [0, 0.05) is 0 Å². The molecule has 0 fully saturated rings. The van der Waals surface area contributed by atoms with Crippen molar-refractivity contribution in [2.75, 3.05) is 0 Å². The maximum absolute atomic E-state index is 5.77. The van der Waals surface area contributed by atoms with Crippen molar-refractivity contribution in [3.8, 4) is 5.75 Å². The highest BCUT2D eigenvalue weighted by atomic mass is 27.1. The lowest BCUT2D eigenvalue weighted by molar-refractivity contribution is 0.501. The minimum atomic E-state index is 0.140. The average molecular weight is 234 g/mol. The van der Waals surface area contributed by atoms with Crippen molar-refractivity contribution >= 4 is 16.6 Å². The zero-order chi connectivity index (χ0) is 12.6. The zero-order valence-corrected chi connectivity index (χ0v) is 13.6. The topological polar surface area (TPSA) is 9.23 Å². The zero-order valence-electron chi connectivity index (χ0n) is 11.6. The van der Waals surface area contributed by atoms with Crippen LogP contribution >= 0.6 is 0 Å². The van der Waals surface area contributed by atoms with Crippen molar-refractivity contribution in [2.45, 2.75) is 52.4 Å². The van der Waals surface area contributed by atoms with Crippen LogP contribution in [0.25, 0.3) is 0 Å². The van der Waals surface area contributed by atoms with Crippen LogP contribution in [0.15, 0.2) is 18.2 Å². The Morgan fingerprint density at radius 2 is 1.25 bits per heavy atom. The Hall–Kier alpha value is -0.448. The fourth-order valence-electron chi connectivity index (χ4n) is 1.94. The number of para-hydroxylation sites is 1. The Bertz CT molecular complexity index is 337. The molecule has 1 aromatic rings. The third kappa shape index (κ3) is 2.81. The highest BCUT2D eigenvalue weighted by molar-refractivity contribution is 6.00. The predicted octanol–water partition coefficient (Wildman–Crippen LogP) is 3.21. The quantitative estimate of drug-likeness (QED) is 0.678. The van der Waals surface area contributed by atoms with Crippen LogP contribution < -0.4 is 3.79 Å². The summed E-state index contributed by atoms with van der Waals surface area (Å²) in [6.07, 6.45) is 0. The van der Waals surface area contributed by atoms with Crippen molar-refractivity contribution < 1.29 is 3.79 Å². The molecular formula is C14H23AlO. The minimum absolute atomic E-state index is 0.140. The summed E-state index contributed by atoms with van der Waals surface area (Å²) in [6, 6.07) is 6.51. The Morgan fingerprint density at radius 3 is 1.50 bits per heavy atom. The minimum Gasteiger partial charge on any atom is -0.647 e. The molecule has 16 heavy (non-hydrogen) atoms. The summed E-state index contributed by atoms with van der Waals surface area (Å²) in [5.41, 5.74) is 2.91. The van der Waals surface area contributed by atoms with E-state index in [0.717, 1.165) is 22.4 Å². The summed E-state index contributed by atoms with van der Waals surface area (Å²) < 4.78 is 5.77. The Kier molecular flexibility index (Phi) is 3.77. The summed E-state index contributed by atoms with van der Waals surface area (Å²) in [4.78, 5) is 0. The van der Waals surface area contributed by atoms with Gasteiger partial charge < -0.3 is 3.79 Å². The third-order valence-electron chi connectivity index (χ3n) is 2.84. The summed E-state index contributed by atoms with van der Waals surface area (Å²) in [7, 11) is 0. The second-order valence-electron chi connectivity index (χ2n) is 6.39. The predicted molar refractivity (Wildman–Crippen MR) is 73.0 cm³/mol. The van der Waals surface area contributed by atoms with Gasteiger partial charge in [0.1, 0.15) is 0 Å². The van der Waals surface area contributed by atoms with E-state index in [-0.39, 0.29) is 10.8 Å². The van der Waals surface area contributed by atoms with Crippen LogP contribution in [-0.2, 0) is 10.8 Å². The van der Waals surface area contributed by atoms with Crippen LogP contribution in [0.5, 0.6) is 5.75 Å². The van der Waals surface area contributed by atoms with Crippen LogP contribution in [0.1, 0.15) is 52.7 Å². The maximum atomic E-state index is 5.77. The van der Waals surface area contributed by atoms with Crippen molar-refractivity contribution in [3.63, 3.8) is 0 Å². The number of rotatable bonds is 1. The van der Waals surface area contributed by atoms with Gasteiger partial charge in [-0.3, -0.25) is 0 Å². The molecule has 0 bridgehead atoms. The molecule has 0 aliphatic rings. The lowest BCUT2D eigenvalue weighted by Gasteiger charge is -2.29. The number of benzene rings is 1. The second-order valence-corrected chi connectivity index (χ2v) is 6.79. The van der Waals surface area contributed by atoms with Gasteiger partial charge in [-0.25, -0.2) is 0 Å². The molecule has 0 saturated heterocycles. The van der Waals surface area contributed by atoms with Gasteiger partial charge >= 0.3 is 16.6 Å². The fraction of sp³-hybridized carbons (Fsp3) is 0.571. The van der Waals surface area contributed by atoms with E-state index in [9.17, 15) is 0 Å². The maximum Gasteiger partial charge on any atom is 0.496 e. The summed E-state index contributed by atoms with van der Waals surface area (Å²) in [5.74, 6) is 1.11. The first-order valence-corrected chi connectivity index (χ1v) is 6.67. The summed E-state index contributed by atoms with van der Waals surface area (Å²) >= 11 is 0.741. The summed E-state index contributed by atoms with van der Waals surface area (Å²) in [5, 5.41) is 0. The Labute approximate surface area is 108 Å². The molecule has 0 unspecified atom stereocenters. The van der Waals surface area contributed by atoms with E-state index in [1.807, 2.05) is 0 Å². The van der Waals surface area contributed by atoms with E-state index in [1.165, 1.54) is 11.1 Å². The van der Waals surface area contributed by atoms with Crippen molar-refractivity contribution in [1.82, 2.24) is 0 Å². The average Bonchev–Trinajstić information content (AvgIpc) is 2.13. The molecule has 0 aromatic heterocycles. The van der Waals surface area contributed by atoms with Crippen LogP contribution in [-0.4, -0.2) is 16.6 Å². The molecule has 1 rings (SSSR count). The van der Waals surface area contributed by atoms with E-state index in [2.05, 4.69) is 59.7 Å². The molecule has 1 nitrogen and oxygen atoms in total. The van der Waals surface area contributed by atoms with E-state index in [4.69, 9.17) is 3.79 Å². The highest BCUT2D eigenvalue weighted by Gasteiger charge is 2.24. The van der Waals surface area contributed by atoms with E-state index in [1.54, 1.807) is 0 Å². The van der Waals surface area contributed by atoms with Crippen LogP contribution in [0.3, 0.4) is 0 Å². The van der Waals surface area contributed by atoms with Crippen LogP contribution in [0.4, 0.5) is 0 Å². The molecule has 0 radical (unpaired) electrons. The smallest absolute Gasteiger partial charge is 0.496 e. The van der Waals surface area contributed by atoms with E-state index in [0.29, 0.717) is 0 Å². The molecular weight excluding hydrogens is 211 g/mol. The van der Waals surface area contributed by atoms with Gasteiger partial charge in [0.25, 0.3) is 0 Å². The second kappa shape index (κ2) is 4.43. The first-order chi connectivity index (χ1) is 7.18. The molecule has 2 heteroatoms. The first-order valence-electron chi connectivity index (χ1n) is 5.86. The monoisotopic (exact) mass is 234 g/mol. The van der Waals surface area contributed by atoms with Crippen molar-refractivity contribution in [1.29, 1.82) is 0 Å². The lowest BCUT2D eigenvalue weighted by atomic mass is 9.80. The molecule has 88 valence electrons. The highest BCUT2D eigenvalue weighted by Crippen LogP contribution is 2.38. The molecule has 0 atom stereocenters. The molecule has 0 aliphatic carbocycles.